The summed E-state index contributed by atoms with van der Waals surface area (Å²) < 4.78 is 12.5. The van der Waals surface area contributed by atoms with Crippen molar-refractivity contribution in [3.05, 3.63) is 29.3 Å². The number of nitrogens with zero attached hydrogens (tertiary/aromatic N) is 2. The number of pyridine rings is 1. The number of nitriles is 1. The largest absolute Gasteiger partial charge is 0.228 e. The van der Waals surface area contributed by atoms with Crippen molar-refractivity contribution in [2.24, 2.45) is 0 Å². The molecule has 0 saturated carbocycles. The second kappa shape index (κ2) is 2.44. The summed E-state index contributed by atoms with van der Waals surface area (Å²) in [5.74, 6) is -0.570. The standard InChI is InChI=1S/C7H5FN2/c1-5-6(4-9)2-3-10-7(5)8/h2-3H,1H3. The van der Waals surface area contributed by atoms with Gasteiger partial charge in [0.25, 0.3) is 0 Å². The second-order valence-electron chi connectivity index (χ2n) is 1.89. The molecule has 0 fully saturated rings. The van der Waals surface area contributed by atoms with Crippen molar-refractivity contribution in [1.82, 2.24) is 4.98 Å². The van der Waals surface area contributed by atoms with Crippen LogP contribution in [0.3, 0.4) is 0 Å². The molecule has 1 aromatic rings. The Morgan fingerprint density at radius 3 is 2.90 bits per heavy atom. The van der Waals surface area contributed by atoms with E-state index in [4.69, 9.17) is 5.26 Å². The van der Waals surface area contributed by atoms with E-state index in [9.17, 15) is 4.39 Å². The van der Waals surface area contributed by atoms with E-state index in [1.807, 2.05) is 6.07 Å². The van der Waals surface area contributed by atoms with Crippen molar-refractivity contribution in [1.29, 1.82) is 5.26 Å². The van der Waals surface area contributed by atoms with Crippen molar-refractivity contribution >= 4 is 0 Å². The zero-order chi connectivity index (χ0) is 7.56. The van der Waals surface area contributed by atoms with Crippen LogP contribution < -0.4 is 0 Å². The van der Waals surface area contributed by atoms with Gasteiger partial charge in [-0.3, -0.25) is 0 Å². The lowest BCUT2D eigenvalue weighted by molar-refractivity contribution is 0.573. The summed E-state index contributed by atoms with van der Waals surface area (Å²) in [5, 5.41) is 8.40. The third-order valence-corrected chi connectivity index (χ3v) is 1.26. The SMILES string of the molecule is Cc1c(C#N)ccnc1F. The fourth-order valence-corrected chi connectivity index (χ4v) is 0.631. The minimum atomic E-state index is -0.570. The molecular weight excluding hydrogens is 131 g/mol. The van der Waals surface area contributed by atoms with E-state index in [-0.39, 0.29) is 0 Å². The minimum absolute atomic E-state index is 0.310. The lowest BCUT2D eigenvalue weighted by atomic mass is 10.2. The van der Waals surface area contributed by atoms with Gasteiger partial charge in [-0.05, 0) is 13.0 Å². The Labute approximate surface area is 57.9 Å². The zero-order valence-corrected chi connectivity index (χ0v) is 5.43. The van der Waals surface area contributed by atoms with Crippen LogP contribution in [0.25, 0.3) is 0 Å². The lowest BCUT2D eigenvalue weighted by Gasteiger charge is -1.94. The van der Waals surface area contributed by atoms with E-state index in [0.29, 0.717) is 11.1 Å². The first-order valence-electron chi connectivity index (χ1n) is 2.77. The highest BCUT2D eigenvalue weighted by Gasteiger charge is 2.01. The van der Waals surface area contributed by atoms with Crippen LogP contribution >= 0.6 is 0 Å². The molecule has 1 aromatic heterocycles. The summed E-state index contributed by atoms with van der Waals surface area (Å²) in [6.45, 7) is 1.53. The molecule has 50 valence electrons. The van der Waals surface area contributed by atoms with Crippen LogP contribution in [-0.4, -0.2) is 4.98 Å². The Balaban J connectivity index is 3.31. The maximum atomic E-state index is 12.5. The van der Waals surface area contributed by atoms with Gasteiger partial charge in [0.1, 0.15) is 0 Å². The van der Waals surface area contributed by atoms with E-state index < -0.39 is 5.95 Å². The Hall–Kier alpha value is -1.43. The molecule has 0 aliphatic carbocycles. The number of aromatic nitrogens is 1. The number of hydrogen-bond donors (Lipinski definition) is 0. The van der Waals surface area contributed by atoms with E-state index in [0.717, 1.165) is 0 Å². The molecule has 1 rings (SSSR count). The molecule has 0 bridgehead atoms. The molecule has 0 atom stereocenters. The molecule has 0 aliphatic heterocycles. The molecule has 0 aliphatic rings. The van der Waals surface area contributed by atoms with E-state index >= 15 is 0 Å². The summed E-state index contributed by atoms with van der Waals surface area (Å²) in [6.07, 6.45) is 1.28. The number of halogens is 1. The van der Waals surface area contributed by atoms with Gasteiger partial charge in [-0.15, -0.1) is 0 Å². The summed E-state index contributed by atoms with van der Waals surface area (Å²) >= 11 is 0. The van der Waals surface area contributed by atoms with E-state index in [1.54, 1.807) is 0 Å². The van der Waals surface area contributed by atoms with Crippen LogP contribution in [0.4, 0.5) is 4.39 Å². The number of rotatable bonds is 0. The van der Waals surface area contributed by atoms with Gasteiger partial charge in [-0.2, -0.15) is 9.65 Å². The summed E-state index contributed by atoms with van der Waals surface area (Å²) in [4.78, 5) is 3.37. The maximum absolute atomic E-state index is 12.5. The second-order valence-corrected chi connectivity index (χ2v) is 1.89. The minimum Gasteiger partial charge on any atom is -0.228 e. The normalized spacial score (nSPS) is 8.90. The molecule has 0 unspecified atom stereocenters. The monoisotopic (exact) mass is 136 g/mol. The Morgan fingerprint density at radius 1 is 1.70 bits per heavy atom. The van der Waals surface area contributed by atoms with Crippen LogP contribution in [0.15, 0.2) is 12.3 Å². The van der Waals surface area contributed by atoms with Gasteiger partial charge < -0.3 is 0 Å². The molecule has 3 heteroatoms. The van der Waals surface area contributed by atoms with Crippen molar-refractivity contribution < 1.29 is 4.39 Å². The molecule has 0 spiro atoms. The van der Waals surface area contributed by atoms with Crippen LogP contribution in [0.5, 0.6) is 0 Å². The van der Waals surface area contributed by atoms with Gasteiger partial charge in [0.2, 0.25) is 5.95 Å². The lowest BCUT2D eigenvalue weighted by Crippen LogP contribution is -1.90. The van der Waals surface area contributed by atoms with Gasteiger partial charge in [0, 0.05) is 11.8 Å². The van der Waals surface area contributed by atoms with Crippen molar-refractivity contribution in [2.45, 2.75) is 6.92 Å². The van der Waals surface area contributed by atoms with Crippen LogP contribution in [-0.2, 0) is 0 Å². The van der Waals surface area contributed by atoms with E-state index in [2.05, 4.69) is 4.98 Å². The molecule has 0 N–H and O–H groups in total. The smallest absolute Gasteiger partial charge is 0.217 e. The molecule has 0 aromatic carbocycles. The highest BCUT2D eigenvalue weighted by molar-refractivity contribution is 5.34. The topological polar surface area (TPSA) is 36.7 Å². The summed E-state index contributed by atoms with van der Waals surface area (Å²) in [6, 6.07) is 3.34. The third-order valence-electron chi connectivity index (χ3n) is 1.26. The summed E-state index contributed by atoms with van der Waals surface area (Å²) in [7, 11) is 0. The predicted molar refractivity (Wildman–Crippen MR) is 33.6 cm³/mol. The number of hydrogen-bond acceptors (Lipinski definition) is 2. The van der Waals surface area contributed by atoms with Crippen molar-refractivity contribution in [2.75, 3.05) is 0 Å². The van der Waals surface area contributed by atoms with Crippen LogP contribution in [0, 0.1) is 24.2 Å². The van der Waals surface area contributed by atoms with Crippen molar-refractivity contribution in [3.63, 3.8) is 0 Å². The van der Waals surface area contributed by atoms with Crippen LogP contribution in [0.1, 0.15) is 11.1 Å². The van der Waals surface area contributed by atoms with E-state index in [1.165, 1.54) is 19.2 Å². The predicted octanol–water partition coefficient (Wildman–Crippen LogP) is 1.40. The third kappa shape index (κ3) is 0.960. The average molecular weight is 136 g/mol. The van der Waals surface area contributed by atoms with Crippen molar-refractivity contribution in [3.8, 4) is 6.07 Å². The first-order valence-corrected chi connectivity index (χ1v) is 2.77. The molecule has 0 radical (unpaired) electrons. The molecule has 10 heavy (non-hydrogen) atoms. The Bertz CT molecular complexity index is 288. The van der Waals surface area contributed by atoms with Gasteiger partial charge in [-0.25, -0.2) is 4.98 Å². The molecule has 0 amide bonds. The Morgan fingerprint density at radius 2 is 2.40 bits per heavy atom. The zero-order valence-electron chi connectivity index (χ0n) is 5.43. The fraction of sp³-hybridized carbons (Fsp3) is 0.143. The van der Waals surface area contributed by atoms with Gasteiger partial charge in [0.05, 0.1) is 11.6 Å². The summed E-state index contributed by atoms with van der Waals surface area (Å²) in [5.41, 5.74) is 0.650. The van der Waals surface area contributed by atoms with Gasteiger partial charge in [0.15, 0.2) is 0 Å². The molecular formula is C7H5FN2. The fourth-order valence-electron chi connectivity index (χ4n) is 0.631. The first kappa shape index (κ1) is 6.69. The molecule has 1 heterocycles. The maximum Gasteiger partial charge on any atom is 0.217 e. The van der Waals surface area contributed by atoms with Gasteiger partial charge in [-0.1, -0.05) is 0 Å². The highest BCUT2D eigenvalue weighted by Crippen LogP contribution is 2.06. The highest BCUT2D eigenvalue weighted by atomic mass is 19.1. The average Bonchev–Trinajstić information content (AvgIpc) is 1.95. The molecule has 0 saturated heterocycles. The Kier molecular flexibility index (Phi) is 1.63. The first-order chi connectivity index (χ1) is 4.75. The van der Waals surface area contributed by atoms with Gasteiger partial charge >= 0.3 is 0 Å². The molecule has 2 nitrogen and oxygen atoms in total. The van der Waals surface area contributed by atoms with Crippen LogP contribution in [0.2, 0.25) is 0 Å². The quantitative estimate of drug-likeness (QED) is 0.505.